The first-order valence-electron chi connectivity index (χ1n) is 7.24. The SMILES string of the molecule is Cc1nc(-c2ncccn2)sc1C(=O)NCCCn1cccn1. The van der Waals surface area contributed by atoms with Crippen molar-refractivity contribution >= 4 is 17.2 Å². The third kappa shape index (κ3) is 3.78. The smallest absolute Gasteiger partial charge is 0.263 e. The molecule has 0 aromatic carbocycles. The normalized spacial score (nSPS) is 10.7. The van der Waals surface area contributed by atoms with Crippen LogP contribution in [-0.4, -0.2) is 37.2 Å². The molecule has 3 aromatic rings. The minimum Gasteiger partial charge on any atom is -0.351 e. The Labute approximate surface area is 137 Å². The van der Waals surface area contributed by atoms with E-state index in [1.165, 1.54) is 11.3 Å². The van der Waals surface area contributed by atoms with Gasteiger partial charge < -0.3 is 5.32 Å². The number of hydrogen-bond donors (Lipinski definition) is 1. The summed E-state index contributed by atoms with van der Waals surface area (Å²) in [5.74, 6) is 0.431. The number of aryl methyl sites for hydroxylation is 2. The second-order valence-corrected chi connectivity index (χ2v) is 5.88. The monoisotopic (exact) mass is 328 g/mol. The Kier molecular flexibility index (Phi) is 4.72. The van der Waals surface area contributed by atoms with Gasteiger partial charge in [-0.1, -0.05) is 0 Å². The lowest BCUT2D eigenvalue weighted by Crippen LogP contribution is -2.25. The van der Waals surface area contributed by atoms with Gasteiger partial charge >= 0.3 is 0 Å². The Morgan fingerprint density at radius 1 is 1.26 bits per heavy atom. The Hall–Kier alpha value is -2.61. The molecule has 3 aromatic heterocycles. The second kappa shape index (κ2) is 7.10. The van der Waals surface area contributed by atoms with E-state index in [-0.39, 0.29) is 5.91 Å². The van der Waals surface area contributed by atoms with Crippen LogP contribution in [0.4, 0.5) is 0 Å². The maximum absolute atomic E-state index is 12.3. The van der Waals surface area contributed by atoms with Gasteiger partial charge in [-0.3, -0.25) is 9.48 Å². The average Bonchev–Trinajstić information content (AvgIpc) is 3.22. The molecule has 0 radical (unpaired) electrons. The maximum Gasteiger partial charge on any atom is 0.263 e. The summed E-state index contributed by atoms with van der Waals surface area (Å²) in [6, 6.07) is 3.63. The van der Waals surface area contributed by atoms with Gasteiger partial charge in [-0.15, -0.1) is 11.3 Å². The average molecular weight is 328 g/mol. The van der Waals surface area contributed by atoms with E-state index >= 15 is 0 Å². The van der Waals surface area contributed by atoms with Crippen molar-refractivity contribution in [1.29, 1.82) is 0 Å². The first kappa shape index (κ1) is 15.3. The van der Waals surface area contributed by atoms with E-state index in [2.05, 4.69) is 25.4 Å². The van der Waals surface area contributed by atoms with Crippen LogP contribution in [0.1, 0.15) is 21.8 Å². The Bertz CT molecular complexity index is 769. The summed E-state index contributed by atoms with van der Waals surface area (Å²) in [6.07, 6.45) is 7.79. The van der Waals surface area contributed by atoms with Gasteiger partial charge in [0.15, 0.2) is 10.8 Å². The Balaban J connectivity index is 1.58. The molecule has 1 N–H and O–H groups in total. The molecule has 0 aliphatic heterocycles. The molecular formula is C15H16N6OS. The summed E-state index contributed by atoms with van der Waals surface area (Å²) in [6.45, 7) is 3.19. The molecule has 0 saturated heterocycles. The van der Waals surface area contributed by atoms with Crippen LogP contribution in [-0.2, 0) is 6.54 Å². The van der Waals surface area contributed by atoms with E-state index in [0.717, 1.165) is 13.0 Å². The zero-order valence-corrected chi connectivity index (χ0v) is 13.5. The first-order chi connectivity index (χ1) is 11.2. The van der Waals surface area contributed by atoms with Crippen LogP contribution in [0, 0.1) is 6.92 Å². The molecule has 0 bridgehead atoms. The molecule has 0 saturated carbocycles. The largest absolute Gasteiger partial charge is 0.351 e. The summed E-state index contributed by atoms with van der Waals surface area (Å²) < 4.78 is 1.84. The maximum atomic E-state index is 12.3. The summed E-state index contributed by atoms with van der Waals surface area (Å²) in [4.78, 5) is 25.6. The van der Waals surface area contributed by atoms with Crippen molar-refractivity contribution in [2.45, 2.75) is 19.9 Å². The lowest BCUT2D eigenvalue weighted by molar-refractivity contribution is 0.0956. The lowest BCUT2D eigenvalue weighted by Gasteiger charge is -2.04. The summed E-state index contributed by atoms with van der Waals surface area (Å²) in [5.41, 5.74) is 0.696. The lowest BCUT2D eigenvalue weighted by atomic mass is 10.3. The zero-order valence-electron chi connectivity index (χ0n) is 12.6. The second-order valence-electron chi connectivity index (χ2n) is 4.88. The third-order valence-corrected chi connectivity index (χ3v) is 4.32. The standard InChI is InChI=1S/C15H16N6OS/c1-11-12(23-15(20-11)13-16-5-2-6-17-13)14(22)18-7-3-9-21-10-4-8-19-21/h2,4-6,8,10H,3,7,9H2,1H3,(H,18,22). The molecule has 8 heteroatoms. The highest BCUT2D eigenvalue weighted by molar-refractivity contribution is 7.17. The van der Waals surface area contributed by atoms with E-state index in [4.69, 9.17) is 0 Å². The minimum absolute atomic E-state index is 0.109. The van der Waals surface area contributed by atoms with E-state index in [1.807, 2.05) is 23.9 Å². The number of carbonyl (C=O) groups excluding carboxylic acids is 1. The molecule has 0 atom stereocenters. The summed E-state index contributed by atoms with van der Waals surface area (Å²) in [5, 5.41) is 7.70. The number of rotatable bonds is 6. The van der Waals surface area contributed by atoms with E-state index in [0.29, 0.717) is 27.9 Å². The predicted molar refractivity (Wildman–Crippen MR) is 87.1 cm³/mol. The van der Waals surface area contributed by atoms with Crippen molar-refractivity contribution in [3.63, 3.8) is 0 Å². The summed E-state index contributed by atoms with van der Waals surface area (Å²) in [7, 11) is 0. The molecule has 3 heterocycles. The van der Waals surface area contributed by atoms with Crippen LogP contribution in [0.15, 0.2) is 36.9 Å². The van der Waals surface area contributed by atoms with Crippen LogP contribution in [0.3, 0.4) is 0 Å². The van der Waals surface area contributed by atoms with Gasteiger partial charge in [0.25, 0.3) is 5.91 Å². The molecule has 0 aliphatic rings. The highest BCUT2D eigenvalue weighted by atomic mass is 32.1. The van der Waals surface area contributed by atoms with Crippen molar-refractivity contribution in [3.05, 3.63) is 47.5 Å². The molecule has 3 rings (SSSR count). The minimum atomic E-state index is -0.109. The zero-order chi connectivity index (χ0) is 16.1. The van der Waals surface area contributed by atoms with Crippen molar-refractivity contribution < 1.29 is 4.79 Å². The fraction of sp³-hybridized carbons (Fsp3) is 0.267. The quantitative estimate of drug-likeness (QED) is 0.699. The van der Waals surface area contributed by atoms with Crippen molar-refractivity contribution in [2.75, 3.05) is 6.54 Å². The van der Waals surface area contributed by atoms with Crippen LogP contribution in [0.5, 0.6) is 0 Å². The number of hydrogen-bond acceptors (Lipinski definition) is 6. The molecule has 23 heavy (non-hydrogen) atoms. The van der Waals surface area contributed by atoms with Gasteiger partial charge in [0.05, 0.1) is 5.69 Å². The highest BCUT2D eigenvalue weighted by Crippen LogP contribution is 2.24. The van der Waals surface area contributed by atoms with Gasteiger partial charge in [-0.05, 0) is 25.5 Å². The van der Waals surface area contributed by atoms with Gasteiger partial charge in [0, 0.05) is 37.9 Å². The van der Waals surface area contributed by atoms with Gasteiger partial charge in [-0.25, -0.2) is 15.0 Å². The van der Waals surface area contributed by atoms with Crippen molar-refractivity contribution in [2.24, 2.45) is 0 Å². The van der Waals surface area contributed by atoms with Crippen LogP contribution in [0.25, 0.3) is 10.8 Å². The number of thiazole rings is 1. The van der Waals surface area contributed by atoms with Gasteiger partial charge in [0.2, 0.25) is 0 Å². The number of aromatic nitrogens is 5. The fourth-order valence-corrected chi connectivity index (χ4v) is 3.00. The predicted octanol–water partition coefficient (Wildman–Crippen LogP) is 1.93. The van der Waals surface area contributed by atoms with Crippen molar-refractivity contribution in [3.8, 4) is 10.8 Å². The number of amides is 1. The summed E-state index contributed by atoms with van der Waals surface area (Å²) >= 11 is 1.31. The first-order valence-corrected chi connectivity index (χ1v) is 8.06. The van der Waals surface area contributed by atoms with Gasteiger partial charge in [-0.2, -0.15) is 5.10 Å². The van der Waals surface area contributed by atoms with Crippen LogP contribution < -0.4 is 5.32 Å². The molecule has 118 valence electrons. The van der Waals surface area contributed by atoms with E-state index < -0.39 is 0 Å². The third-order valence-electron chi connectivity index (χ3n) is 3.17. The van der Waals surface area contributed by atoms with Crippen LogP contribution in [0.2, 0.25) is 0 Å². The highest BCUT2D eigenvalue weighted by Gasteiger charge is 2.16. The molecular weight excluding hydrogens is 312 g/mol. The van der Waals surface area contributed by atoms with Crippen LogP contribution >= 0.6 is 11.3 Å². The molecule has 0 aliphatic carbocycles. The molecule has 0 unspecified atom stereocenters. The Morgan fingerprint density at radius 2 is 2.09 bits per heavy atom. The number of nitrogens with one attached hydrogen (secondary N) is 1. The molecule has 0 fully saturated rings. The Morgan fingerprint density at radius 3 is 2.83 bits per heavy atom. The number of carbonyl (C=O) groups is 1. The number of nitrogens with zero attached hydrogens (tertiary/aromatic N) is 5. The van der Waals surface area contributed by atoms with E-state index in [9.17, 15) is 4.79 Å². The van der Waals surface area contributed by atoms with Crippen molar-refractivity contribution in [1.82, 2.24) is 30.0 Å². The van der Waals surface area contributed by atoms with Gasteiger partial charge in [0.1, 0.15) is 4.88 Å². The topological polar surface area (TPSA) is 85.6 Å². The fourth-order valence-electron chi connectivity index (χ4n) is 2.07. The molecule has 7 nitrogen and oxygen atoms in total. The van der Waals surface area contributed by atoms with E-state index in [1.54, 1.807) is 24.7 Å². The molecule has 0 spiro atoms. The molecule has 1 amide bonds.